The quantitative estimate of drug-likeness (QED) is 0.785. The minimum absolute atomic E-state index is 0.0602. The van der Waals surface area contributed by atoms with Crippen LogP contribution < -0.4 is 5.32 Å². The Bertz CT molecular complexity index is 499. The van der Waals surface area contributed by atoms with Gasteiger partial charge in [-0.1, -0.05) is 11.2 Å². The average molecular weight is 232 g/mol. The fourth-order valence-corrected chi connectivity index (χ4v) is 1.88. The molecule has 1 saturated heterocycles. The van der Waals surface area contributed by atoms with Gasteiger partial charge in [-0.3, -0.25) is 4.98 Å². The highest BCUT2D eigenvalue weighted by Crippen LogP contribution is 2.23. The molecule has 6 heteroatoms. The maximum Gasteiger partial charge on any atom is 0.244 e. The Labute approximate surface area is 97.7 Å². The van der Waals surface area contributed by atoms with Crippen molar-refractivity contribution in [2.75, 3.05) is 6.54 Å². The molecule has 0 saturated carbocycles. The van der Waals surface area contributed by atoms with E-state index in [-0.39, 0.29) is 12.1 Å². The number of rotatable bonds is 2. The SMILES string of the molecule is OC1CNC(c2nc(-c3ccccn3)no2)C1. The lowest BCUT2D eigenvalue weighted by Gasteiger charge is -2.01. The van der Waals surface area contributed by atoms with Crippen molar-refractivity contribution in [3.05, 3.63) is 30.3 Å². The molecule has 2 unspecified atom stereocenters. The maximum atomic E-state index is 9.42. The summed E-state index contributed by atoms with van der Waals surface area (Å²) in [5.74, 6) is 0.978. The van der Waals surface area contributed by atoms with Crippen LogP contribution >= 0.6 is 0 Å². The molecular weight excluding hydrogens is 220 g/mol. The van der Waals surface area contributed by atoms with E-state index in [0.29, 0.717) is 30.4 Å². The van der Waals surface area contributed by atoms with Crippen molar-refractivity contribution in [3.8, 4) is 11.5 Å². The normalized spacial score (nSPS) is 24.1. The molecule has 2 N–H and O–H groups in total. The Hall–Kier alpha value is -1.79. The molecule has 0 radical (unpaired) electrons. The summed E-state index contributed by atoms with van der Waals surface area (Å²) in [5.41, 5.74) is 0.682. The number of β-amino-alcohol motifs (C(OH)–C–C–N with tert-alkyl or cyclic N) is 1. The molecule has 6 nitrogen and oxygen atoms in total. The highest BCUT2D eigenvalue weighted by Gasteiger charge is 2.28. The molecular formula is C11H12N4O2. The van der Waals surface area contributed by atoms with Gasteiger partial charge in [0.25, 0.3) is 0 Å². The summed E-state index contributed by atoms with van der Waals surface area (Å²) in [5, 5.41) is 16.4. The topological polar surface area (TPSA) is 84.1 Å². The van der Waals surface area contributed by atoms with Crippen LogP contribution in [-0.2, 0) is 0 Å². The van der Waals surface area contributed by atoms with E-state index in [2.05, 4.69) is 20.4 Å². The van der Waals surface area contributed by atoms with E-state index < -0.39 is 0 Å². The smallest absolute Gasteiger partial charge is 0.244 e. The first-order valence-corrected chi connectivity index (χ1v) is 5.49. The van der Waals surface area contributed by atoms with Gasteiger partial charge in [-0.2, -0.15) is 4.98 Å². The molecule has 1 aliphatic heterocycles. The lowest BCUT2D eigenvalue weighted by atomic mass is 10.2. The molecule has 88 valence electrons. The molecule has 0 spiro atoms. The molecule has 2 atom stereocenters. The minimum Gasteiger partial charge on any atom is -0.392 e. The van der Waals surface area contributed by atoms with Crippen LogP contribution in [-0.4, -0.2) is 32.9 Å². The van der Waals surface area contributed by atoms with E-state index in [0.717, 1.165) is 0 Å². The fraction of sp³-hybridized carbons (Fsp3) is 0.364. The van der Waals surface area contributed by atoms with E-state index in [4.69, 9.17) is 4.52 Å². The third kappa shape index (κ3) is 2.04. The van der Waals surface area contributed by atoms with Crippen LogP contribution in [0, 0.1) is 0 Å². The monoisotopic (exact) mass is 232 g/mol. The van der Waals surface area contributed by atoms with Gasteiger partial charge in [-0.15, -0.1) is 0 Å². The van der Waals surface area contributed by atoms with Crippen molar-refractivity contribution in [2.45, 2.75) is 18.6 Å². The largest absolute Gasteiger partial charge is 0.392 e. The standard InChI is InChI=1S/C11H12N4O2/c16-7-5-9(13-6-7)11-14-10(15-17-11)8-3-1-2-4-12-8/h1-4,7,9,13,16H,5-6H2. The summed E-state index contributed by atoms with van der Waals surface area (Å²) in [4.78, 5) is 8.43. The second-order valence-corrected chi connectivity index (χ2v) is 4.02. The zero-order valence-corrected chi connectivity index (χ0v) is 9.08. The highest BCUT2D eigenvalue weighted by molar-refractivity contribution is 5.47. The summed E-state index contributed by atoms with van der Waals surface area (Å²) >= 11 is 0. The second-order valence-electron chi connectivity index (χ2n) is 4.02. The number of aliphatic hydroxyl groups is 1. The number of pyridine rings is 1. The van der Waals surface area contributed by atoms with Crippen molar-refractivity contribution in [1.82, 2.24) is 20.4 Å². The molecule has 0 amide bonds. The molecule has 0 aromatic carbocycles. The van der Waals surface area contributed by atoms with Crippen LogP contribution in [0.15, 0.2) is 28.9 Å². The Kier molecular flexibility index (Phi) is 2.58. The summed E-state index contributed by atoms with van der Waals surface area (Å²) in [6.07, 6.45) is 1.94. The van der Waals surface area contributed by atoms with Crippen LogP contribution in [0.1, 0.15) is 18.4 Å². The molecule has 3 rings (SSSR count). The number of nitrogens with zero attached hydrogens (tertiary/aromatic N) is 3. The Balaban J connectivity index is 1.84. The Morgan fingerprint density at radius 3 is 3.06 bits per heavy atom. The Morgan fingerprint density at radius 2 is 2.35 bits per heavy atom. The molecule has 2 aromatic rings. The molecule has 17 heavy (non-hydrogen) atoms. The van der Waals surface area contributed by atoms with Gasteiger partial charge in [-0.05, 0) is 18.6 Å². The first-order chi connectivity index (χ1) is 8.33. The van der Waals surface area contributed by atoms with E-state index >= 15 is 0 Å². The van der Waals surface area contributed by atoms with Gasteiger partial charge in [-0.25, -0.2) is 0 Å². The van der Waals surface area contributed by atoms with Crippen LogP contribution in [0.3, 0.4) is 0 Å². The van der Waals surface area contributed by atoms with Crippen molar-refractivity contribution >= 4 is 0 Å². The van der Waals surface area contributed by atoms with Gasteiger partial charge in [0, 0.05) is 12.7 Å². The lowest BCUT2D eigenvalue weighted by molar-refractivity contribution is 0.191. The van der Waals surface area contributed by atoms with Gasteiger partial charge in [0.15, 0.2) is 0 Å². The van der Waals surface area contributed by atoms with Crippen molar-refractivity contribution in [1.29, 1.82) is 0 Å². The average Bonchev–Trinajstić information content (AvgIpc) is 2.98. The van der Waals surface area contributed by atoms with E-state index in [1.54, 1.807) is 6.20 Å². The Morgan fingerprint density at radius 1 is 1.41 bits per heavy atom. The number of hydrogen-bond acceptors (Lipinski definition) is 6. The summed E-state index contributed by atoms with van der Waals surface area (Å²) < 4.78 is 5.18. The van der Waals surface area contributed by atoms with Gasteiger partial charge >= 0.3 is 0 Å². The summed E-state index contributed by atoms with van der Waals surface area (Å²) in [6.45, 7) is 0.561. The highest BCUT2D eigenvalue weighted by atomic mass is 16.5. The summed E-state index contributed by atoms with van der Waals surface area (Å²) in [7, 11) is 0. The first-order valence-electron chi connectivity index (χ1n) is 5.49. The van der Waals surface area contributed by atoms with Crippen LogP contribution in [0.2, 0.25) is 0 Å². The third-order valence-electron chi connectivity index (χ3n) is 2.74. The molecule has 1 aliphatic rings. The number of hydrogen-bond donors (Lipinski definition) is 2. The fourth-order valence-electron chi connectivity index (χ4n) is 1.88. The molecule has 2 aromatic heterocycles. The van der Waals surface area contributed by atoms with Gasteiger partial charge < -0.3 is 14.9 Å². The predicted molar refractivity (Wildman–Crippen MR) is 58.9 cm³/mol. The lowest BCUT2D eigenvalue weighted by Crippen LogP contribution is -2.15. The zero-order valence-electron chi connectivity index (χ0n) is 9.08. The third-order valence-corrected chi connectivity index (χ3v) is 2.74. The number of aliphatic hydroxyl groups excluding tert-OH is 1. The molecule has 0 aliphatic carbocycles. The number of aromatic nitrogens is 3. The van der Waals surface area contributed by atoms with Crippen LogP contribution in [0.4, 0.5) is 0 Å². The van der Waals surface area contributed by atoms with E-state index in [1.807, 2.05) is 18.2 Å². The van der Waals surface area contributed by atoms with Gasteiger partial charge in [0.1, 0.15) is 5.69 Å². The minimum atomic E-state index is -0.342. The van der Waals surface area contributed by atoms with Crippen LogP contribution in [0.5, 0.6) is 0 Å². The second kappa shape index (κ2) is 4.23. The number of nitrogens with one attached hydrogen (secondary N) is 1. The predicted octanol–water partition coefficient (Wildman–Crippen LogP) is 0.527. The van der Waals surface area contributed by atoms with Crippen molar-refractivity contribution < 1.29 is 9.63 Å². The van der Waals surface area contributed by atoms with E-state index in [1.165, 1.54) is 0 Å². The molecule has 0 bridgehead atoms. The maximum absolute atomic E-state index is 9.42. The molecule has 3 heterocycles. The van der Waals surface area contributed by atoms with Crippen molar-refractivity contribution in [3.63, 3.8) is 0 Å². The van der Waals surface area contributed by atoms with Crippen molar-refractivity contribution in [2.24, 2.45) is 0 Å². The first kappa shape index (κ1) is 10.4. The van der Waals surface area contributed by atoms with E-state index in [9.17, 15) is 5.11 Å². The van der Waals surface area contributed by atoms with Gasteiger partial charge in [0.2, 0.25) is 11.7 Å². The van der Waals surface area contributed by atoms with Gasteiger partial charge in [0.05, 0.1) is 12.1 Å². The van der Waals surface area contributed by atoms with Crippen LogP contribution in [0.25, 0.3) is 11.5 Å². The molecule has 1 fully saturated rings. The zero-order chi connectivity index (χ0) is 11.7. The summed E-state index contributed by atoms with van der Waals surface area (Å²) in [6, 6.07) is 5.47.